The van der Waals surface area contributed by atoms with E-state index in [1.165, 1.54) is 14.2 Å². The van der Waals surface area contributed by atoms with Crippen molar-refractivity contribution in [3.8, 4) is 0 Å². The molecule has 0 aliphatic heterocycles. The molecule has 7 nitrogen and oxygen atoms in total. The summed E-state index contributed by atoms with van der Waals surface area (Å²) in [6, 6.07) is 0. The van der Waals surface area contributed by atoms with E-state index in [1.807, 2.05) is 0 Å². The molecule has 0 aromatic heterocycles. The summed E-state index contributed by atoms with van der Waals surface area (Å²) < 4.78 is 20.6. The Labute approximate surface area is 93.5 Å². The maximum Gasteiger partial charge on any atom is 0.326 e. The topological polar surface area (TPSA) is 113 Å². The molecule has 0 fully saturated rings. The van der Waals surface area contributed by atoms with Crippen molar-refractivity contribution >= 4 is 13.6 Å². The summed E-state index contributed by atoms with van der Waals surface area (Å²) in [4.78, 5) is 28.1. The van der Waals surface area contributed by atoms with Gasteiger partial charge >= 0.3 is 13.6 Å². The standard InChI is InChI=1S/C8H17O7P/c1-14-8(15-2)6(3-4-7(9)10)5-16(11,12)13/h6,8H,3-5H2,1-2H3,(H,9,10)(H2,11,12,13). The minimum Gasteiger partial charge on any atom is -0.481 e. The molecule has 0 amide bonds. The second kappa shape index (κ2) is 6.98. The first-order valence-corrected chi connectivity index (χ1v) is 6.42. The largest absolute Gasteiger partial charge is 0.481 e. The van der Waals surface area contributed by atoms with Crippen LogP contribution in [0.15, 0.2) is 0 Å². The molecule has 0 aliphatic carbocycles. The lowest BCUT2D eigenvalue weighted by atomic mass is 10.1. The first-order chi connectivity index (χ1) is 7.30. The molecular formula is C8H17O7P. The quantitative estimate of drug-likeness (QED) is 0.421. The van der Waals surface area contributed by atoms with Gasteiger partial charge in [0.05, 0.1) is 6.16 Å². The van der Waals surface area contributed by atoms with Crippen molar-refractivity contribution < 1.29 is 33.7 Å². The first-order valence-electron chi connectivity index (χ1n) is 4.62. The third-order valence-corrected chi connectivity index (χ3v) is 3.00. The van der Waals surface area contributed by atoms with Crippen molar-refractivity contribution in [1.29, 1.82) is 0 Å². The Morgan fingerprint density at radius 1 is 1.31 bits per heavy atom. The number of carboxylic acids is 1. The summed E-state index contributed by atoms with van der Waals surface area (Å²) in [6.07, 6.45) is -1.36. The number of methoxy groups -OCH3 is 2. The summed E-state index contributed by atoms with van der Waals surface area (Å²) in [5, 5.41) is 8.51. The van der Waals surface area contributed by atoms with E-state index < -0.39 is 31.9 Å². The van der Waals surface area contributed by atoms with Crippen molar-refractivity contribution in [1.82, 2.24) is 0 Å². The molecule has 0 aromatic rings. The van der Waals surface area contributed by atoms with Crippen LogP contribution in [0.3, 0.4) is 0 Å². The zero-order valence-corrected chi connectivity index (χ0v) is 10.1. The van der Waals surface area contributed by atoms with Crippen LogP contribution in [0.25, 0.3) is 0 Å². The van der Waals surface area contributed by atoms with Crippen LogP contribution in [-0.4, -0.2) is 47.5 Å². The average Bonchev–Trinajstić information content (AvgIpc) is 2.13. The molecule has 8 heteroatoms. The lowest BCUT2D eigenvalue weighted by molar-refractivity contribution is -0.143. The molecule has 1 atom stereocenters. The summed E-state index contributed by atoms with van der Waals surface area (Å²) >= 11 is 0. The van der Waals surface area contributed by atoms with E-state index >= 15 is 0 Å². The van der Waals surface area contributed by atoms with Gasteiger partial charge in [0.2, 0.25) is 0 Å². The Kier molecular flexibility index (Phi) is 6.78. The molecule has 16 heavy (non-hydrogen) atoms. The Morgan fingerprint density at radius 3 is 2.12 bits per heavy atom. The van der Waals surface area contributed by atoms with Crippen LogP contribution in [0.2, 0.25) is 0 Å². The smallest absolute Gasteiger partial charge is 0.326 e. The van der Waals surface area contributed by atoms with Gasteiger partial charge in [0.15, 0.2) is 6.29 Å². The second-order valence-electron chi connectivity index (χ2n) is 3.38. The predicted molar refractivity (Wildman–Crippen MR) is 55.1 cm³/mol. The number of hydrogen-bond donors (Lipinski definition) is 3. The lowest BCUT2D eigenvalue weighted by Gasteiger charge is -2.24. The van der Waals surface area contributed by atoms with Crippen molar-refractivity contribution in [2.24, 2.45) is 5.92 Å². The maximum atomic E-state index is 10.9. The van der Waals surface area contributed by atoms with E-state index in [2.05, 4.69) is 0 Å². The molecule has 0 spiro atoms. The van der Waals surface area contributed by atoms with Crippen molar-refractivity contribution in [3.63, 3.8) is 0 Å². The van der Waals surface area contributed by atoms with E-state index in [-0.39, 0.29) is 12.8 Å². The highest BCUT2D eigenvalue weighted by Crippen LogP contribution is 2.39. The molecule has 3 N–H and O–H groups in total. The van der Waals surface area contributed by atoms with Gasteiger partial charge in [0.25, 0.3) is 0 Å². The Bertz CT molecular complexity index is 257. The first kappa shape index (κ1) is 15.5. The predicted octanol–water partition coefficient (Wildman–Crippen LogP) is 0.264. The summed E-state index contributed by atoms with van der Waals surface area (Å²) in [5.74, 6) is -1.67. The number of aliphatic carboxylic acids is 1. The molecule has 96 valence electrons. The van der Waals surface area contributed by atoms with E-state index in [0.29, 0.717) is 0 Å². The minimum atomic E-state index is -4.21. The number of carbonyl (C=O) groups is 1. The van der Waals surface area contributed by atoms with E-state index in [9.17, 15) is 9.36 Å². The molecule has 0 rings (SSSR count). The molecule has 0 bridgehead atoms. The van der Waals surface area contributed by atoms with E-state index in [1.54, 1.807) is 0 Å². The Morgan fingerprint density at radius 2 is 1.81 bits per heavy atom. The highest BCUT2D eigenvalue weighted by Gasteiger charge is 2.29. The second-order valence-corrected chi connectivity index (χ2v) is 5.07. The molecule has 0 saturated carbocycles. The van der Waals surface area contributed by atoms with Gasteiger partial charge in [-0.2, -0.15) is 0 Å². The van der Waals surface area contributed by atoms with Crippen LogP contribution in [0.5, 0.6) is 0 Å². The van der Waals surface area contributed by atoms with Crippen molar-refractivity contribution in [2.75, 3.05) is 20.4 Å². The summed E-state index contributed by atoms with van der Waals surface area (Å²) in [6.45, 7) is 0. The van der Waals surface area contributed by atoms with E-state index in [0.717, 1.165) is 0 Å². The van der Waals surface area contributed by atoms with Crippen molar-refractivity contribution in [3.05, 3.63) is 0 Å². The van der Waals surface area contributed by atoms with Crippen LogP contribution >= 0.6 is 7.60 Å². The fourth-order valence-electron chi connectivity index (χ4n) is 1.41. The molecule has 1 unspecified atom stereocenters. The Hall–Kier alpha value is -0.460. The fraction of sp³-hybridized carbons (Fsp3) is 0.875. The lowest BCUT2D eigenvalue weighted by Crippen LogP contribution is -2.28. The molecule has 0 radical (unpaired) electrons. The van der Waals surface area contributed by atoms with Crippen LogP contribution in [0, 0.1) is 5.92 Å². The third-order valence-electron chi connectivity index (χ3n) is 2.05. The summed E-state index contributed by atoms with van der Waals surface area (Å²) in [7, 11) is -1.55. The highest BCUT2D eigenvalue weighted by molar-refractivity contribution is 7.51. The normalized spacial score (nSPS) is 14.1. The van der Waals surface area contributed by atoms with Gasteiger partial charge in [-0.3, -0.25) is 9.36 Å². The van der Waals surface area contributed by atoms with Gasteiger partial charge in [-0.1, -0.05) is 0 Å². The van der Waals surface area contributed by atoms with Gasteiger partial charge < -0.3 is 24.4 Å². The SMILES string of the molecule is COC(OC)C(CCC(=O)O)CP(=O)(O)O. The van der Waals surface area contributed by atoms with Crippen LogP contribution < -0.4 is 0 Å². The minimum absolute atomic E-state index is 0.0901. The van der Waals surface area contributed by atoms with Crippen LogP contribution in [-0.2, 0) is 18.8 Å². The van der Waals surface area contributed by atoms with Crippen LogP contribution in [0.1, 0.15) is 12.8 Å². The molecular weight excluding hydrogens is 239 g/mol. The third kappa shape index (κ3) is 6.92. The number of rotatable bonds is 8. The maximum absolute atomic E-state index is 10.9. The van der Waals surface area contributed by atoms with Gasteiger partial charge in [-0.25, -0.2) is 0 Å². The zero-order chi connectivity index (χ0) is 12.8. The molecule has 0 aromatic carbocycles. The Balaban J connectivity index is 4.48. The molecule has 0 aliphatic rings. The fourth-order valence-corrected chi connectivity index (χ4v) is 2.37. The van der Waals surface area contributed by atoms with Gasteiger partial charge in [-0.05, 0) is 6.42 Å². The molecule has 0 heterocycles. The van der Waals surface area contributed by atoms with Gasteiger partial charge in [0, 0.05) is 26.6 Å². The number of ether oxygens (including phenoxy) is 2. The van der Waals surface area contributed by atoms with Crippen LogP contribution in [0.4, 0.5) is 0 Å². The summed E-state index contributed by atoms with van der Waals surface area (Å²) in [5.41, 5.74) is 0. The molecule has 0 saturated heterocycles. The van der Waals surface area contributed by atoms with Gasteiger partial charge in [-0.15, -0.1) is 0 Å². The highest BCUT2D eigenvalue weighted by atomic mass is 31.2. The number of carboxylic acid groups (broad SMARTS) is 1. The average molecular weight is 256 g/mol. The zero-order valence-electron chi connectivity index (χ0n) is 9.20. The number of hydrogen-bond acceptors (Lipinski definition) is 4. The van der Waals surface area contributed by atoms with Gasteiger partial charge in [0.1, 0.15) is 0 Å². The van der Waals surface area contributed by atoms with Crippen molar-refractivity contribution in [2.45, 2.75) is 19.1 Å². The monoisotopic (exact) mass is 256 g/mol. The van der Waals surface area contributed by atoms with E-state index in [4.69, 9.17) is 24.4 Å².